The lowest BCUT2D eigenvalue weighted by atomic mass is 10.3. The van der Waals surface area contributed by atoms with Crippen molar-refractivity contribution in [2.75, 3.05) is 13.1 Å². The maximum Gasteiger partial charge on any atom is 0.293 e. The van der Waals surface area contributed by atoms with Crippen LogP contribution in [0.25, 0.3) is 0 Å². The summed E-state index contributed by atoms with van der Waals surface area (Å²) in [5.74, 6) is 0.246. The van der Waals surface area contributed by atoms with Gasteiger partial charge in [-0.1, -0.05) is 6.92 Å². The number of nitrogens with zero attached hydrogens (tertiary/aromatic N) is 3. The van der Waals surface area contributed by atoms with Gasteiger partial charge in [-0.2, -0.15) is 0 Å². The molecule has 2 N–H and O–H groups in total. The predicted octanol–water partition coefficient (Wildman–Crippen LogP) is 0.354. The van der Waals surface area contributed by atoms with Crippen molar-refractivity contribution in [1.82, 2.24) is 25.4 Å². The van der Waals surface area contributed by atoms with E-state index in [9.17, 15) is 9.59 Å². The molecule has 0 atom stereocenters. The number of amides is 2. The average Bonchev–Trinajstić information content (AvgIpc) is 2.82. The third kappa shape index (κ3) is 4.35. The Bertz CT molecular complexity index is 441. The largest absolute Gasteiger partial charge is 0.352 e. The molecule has 0 bridgehead atoms. The zero-order valence-corrected chi connectivity index (χ0v) is 11.9. The third-order valence-electron chi connectivity index (χ3n) is 2.51. The molecule has 1 aromatic heterocycles. The smallest absolute Gasteiger partial charge is 0.293 e. The Labute approximate surface area is 112 Å². The number of hydrogen-bond donors (Lipinski definition) is 2. The molecule has 1 aromatic rings. The van der Waals surface area contributed by atoms with Crippen molar-refractivity contribution in [3.8, 4) is 0 Å². The number of aromatic amines is 1. The summed E-state index contributed by atoms with van der Waals surface area (Å²) in [5, 5.41) is 9.31. The molecule has 0 aliphatic carbocycles. The molecule has 0 aliphatic heterocycles. The number of aryl methyl sites for hydroxylation is 1. The van der Waals surface area contributed by atoms with E-state index in [0.29, 0.717) is 18.8 Å². The molecule has 0 radical (unpaired) electrons. The first-order valence-electron chi connectivity index (χ1n) is 6.47. The lowest BCUT2D eigenvalue weighted by Gasteiger charge is -2.19. The fraction of sp³-hybridized carbons (Fsp3) is 0.667. The van der Waals surface area contributed by atoms with Crippen LogP contribution in [0.4, 0.5) is 0 Å². The highest BCUT2D eigenvalue weighted by Gasteiger charge is 2.21. The van der Waals surface area contributed by atoms with Gasteiger partial charge in [0, 0.05) is 19.0 Å². The Balaban J connectivity index is 2.68. The average molecular weight is 267 g/mol. The molecule has 2 amide bonds. The Morgan fingerprint density at radius 3 is 2.53 bits per heavy atom. The number of likely N-dealkylation sites (N-methyl/N-ethyl adjacent to an activating group) is 1. The van der Waals surface area contributed by atoms with Gasteiger partial charge in [0.25, 0.3) is 5.91 Å². The quantitative estimate of drug-likeness (QED) is 0.778. The first-order valence-corrected chi connectivity index (χ1v) is 6.47. The van der Waals surface area contributed by atoms with E-state index in [4.69, 9.17) is 0 Å². The van der Waals surface area contributed by atoms with Crippen molar-refractivity contribution in [2.45, 2.75) is 40.2 Å². The topological polar surface area (TPSA) is 91.0 Å². The highest BCUT2D eigenvalue weighted by molar-refractivity contribution is 5.93. The van der Waals surface area contributed by atoms with Crippen LogP contribution >= 0.6 is 0 Å². The lowest BCUT2D eigenvalue weighted by Crippen LogP contribution is -2.43. The molecule has 0 unspecified atom stereocenters. The van der Waals surface area contributed by atoms with Crippen molar-refractivity contribution in [3.05, 3.63) is 11.6 Å². The normalized spacial score (nSPS) is 10.6. The van der Waals surface area contributed by atoms with Crippen molar-refractivity contribution in [2.24, 2.45) is 0 Å². The minimum Gasteiger partial charge on any atom is -0.352 e. The number of rotatable bonds is 6. The van der Waals surface area contributed by atoms with Gasteiger partial charge in [0.2, 0.25) is 11.7 Å². The Kier molecular flexibility index (Phi) is 5.47. The van der Waals surface area contributed by atoms with Crippen LogP contribution in [-0.2, 0) is 11.2 Å². The van der Waals surface area contributed by atoms with Gasteiger partial charge in [0.15, 0.2) is 0 Å². The van der Waals surface area contributed by atoms with Crippen LogP contribution in [-0.4, -0.2) is 51.0 Å². The molecular weight excluding hydrogens is 246 g/mol. The fourth-order valence-corrected chi connectivity index (χ4v) is 1.56. The molecule has 7 heteroatoms. The van der Waals surface area contributed by atoms with Crippen molar-refractivity contribution in [1.29, 1.82) is 0 Å². The van der Waals surface area contributed by atoms with E-state index < -0.39 is 0 Å². The first kappa shape index (κ1) is 15.1. The summed E-state index contributed by atoms with van der Waals surface area (Å²) >= 11 is 0. The maximum atomic E-state index is 12.1. The van der Waals surface area contributed by atoms with E-state index in [0.717, 1.165) is 0 Å². The van der Waals surface area contributed by atoms with Crippen molar-refractivity contribution in [3.63, 3.8) is 0 Å². The molecule has 0 saturated heterocycles. The molecule has 7 nitrogen and oxygen atoms in total. The van der Waals surface area contributed by atoms with Gasteiger partial charge in [-0.25, -0.2) is 4.98 Å². The lowest BCUT2D eigenvalue weighted by molar-refractivity contribution is -0.122. The number of carbonyl (C=O) groups excluding carboxylic acids is 2. The monoisotopic (exact) mass is 267 g/mol. The molecule has 106 valence electrons. The van der Waals surface area contributed by atoms with Gasteiger partial charge in [-0.05, 0) is 20.8 Å². The van der Waals surface area contributed by atoms with Gasteiger partial charge >= 0.3 is 0 Å². The number of H-pyrrole nitrogens is 1. The van der Waals surface area contributed by atoms with E-state index in [-0.39, 0.29) is 30.2 Å². The van der Waals surface area contributed by atoms with E-state index in [1.165, 1.54) is 4.90 Å². The van der Waals surface area contributed by atoms with Gasteiger partial charge < -0.3 is 10.2 Å². The molecule has 0 fully saturated rings. The summed E-state index contributed by atoms with van der Waals surface area (Å²) in [7, 11) is 0. The van der Waals surface area contributed by atoms with Gasteiger partial charge in [0.1, 0.15) is 5.82 Å². The zero-order valence-electron chi connectivity index (χ0n) is 11.9. The maximum absolute atomic E-state index is 12.1. The van der Waals surface area contributed by atoms with Crippen molar-refractivity contribution >= 4 is 11.8 Å². The van der Waals surface area contributed by atoms with Crippen LogP contribution in [0.5, 0.6) is 0 Å². The van der Waals surface area contributed by atoms with Gasteiger partial charge in [0.05, 0.1) is 6.54 Å². The molecule has 19 heavy (non-hydrogen) atoms. The van der Waals surface area contributed by atoms with Crippen LogP contribution in [0.2, 0.25) is 0 Å². The summed E-state index contributed by atoms with van der Waals surface area (Å²) in [6.45, 7) is 7.93. The summed E-state index contributed by atoms with van der Waals surface area (Å²) in [4.78, 5) is 29.3. The summed E-state index contributed by atoms with van der Waals surface area (Å²) < 4.78 is 0. The van der Waals surface area contributed by atoms with E-state index in [2.05, 4.69) is 20.5 Å². The first-order chi connectivity index (χ1) is 8.97. The summed E-state index contributed by atoms with van der Waals surface area (Å²) in [5.41, 5.74) is 0. The summed E-state index contributed by atoms with van der Waals surface area (Å²) in [6.07, 6.45) is 0.681. The zero-order chi connectivity index (χ0) is 14.4. The number of nitrogens with one attached hydrogen (secondary N) is 2. The van der Waals surface area contributed by atoms with Crippen molar-refractivity contribution < 1.29 is 9.59 Å². The van der Waals surface area contributed by atoms with Crippen LogP contribution < -0.4 is 5.32 Å². The fourth-order valence-electron chi connectivity index (χ4n) is 1.56. The second kappa shape index (κ2) is 6.86. The van der Waals surface area contributed by atoms with Crippen LogP contribution in [0.1, 0.15) is 44.1 Å². The Morgan fingerprint density at radius 2 is 2.05 bits per heavy atom. The van der Waals surface area contributed by atoms with Crippen LogP contribution in [0.15, 0.2) is 0 Å². The second-order valence-electron chi connectivity index (χ2n) is 4.50. The standard InChI is InChI=1S/C12H21N5O2/c1-5-9-14-11(16-15-9)12(19)17(6-2)7-10(18)13-8(3)4/h8H,5-7H2,1-4H3,(H,13,18)(H,14,15,16). The molecule has 1 rings (SSSR count). The molecule has 0 aliphatic rings. The number of aromatic nitrogens is 3. The van der Waals surface area contributed by atoms with E-state index >= 15 is 0 Å². The number of hydrogen-bond acceptors (Lipinski definition) is 4. The minimum absolute atomic E-state index is 0.0174. The van der Waals surface area contributed by atoms with Crippen LogP contribution in [0, 0.1) is 0 Å². The minimum atomic E-state index is -0.336. The predicted molar refractivity (Wildman–Crippen MR) is 70.6 cm³/mol. The molecule has 0 saturated carbocycles. The Hall–Kier alpha value is -1.92. The highest BCUT2D eigenvalue weighted by atomic mass is 16.2. The SMILES string of the molecule is CCc1nc(C(=O)N(CC)CC(=O)NC(C)C)n[nH]1. The summed E-state index contributed by atoms with van der Waals surface area (Å²) in [6, 6.07) is 0.0523. The van der Waals surface area contributed by atoms with Gasteiger partial charge in [-0.3, -0.25) is 14.7 Å². The molecular formula is C12H21N5O2. The van der Waals surface area contributed by atoms with E-state index in [1.54, 1.807) is 0 Å². The van der Waals surface area contributed by atoms with E-state index in [1.807, 2.05) is 27.7 Å². The molecule has 1 heterocycles. The van der Waals surface area contributed by atoms with Gasteiger partial charge in [-0.15, -0.1) is 5.10 Å². The highest BCUT2D eigenvalue weighted by Crippen LogP contribution is 2.00. The van der Waals surface area contributed by atoms with Crippen LogP contribution in [0.3, 0.4) is 0 Å². The third-order valence-corrected chi connectivity index (χ3v) is 2.51. The number of carbonyl (C=O) groups is 2. The molecule has 0 spiro atoms. The Morgan fingerprint density at radius 1 is 1.37 bits per heavy atom. The molecule has 0 aromatic carbocycles. The second-order valence-corrected chi connectivity index (χ2v) is 4.50.